The lowest BCUT2D eigenvalue weighted by Gasteiger charge is -2.26. The first-order chi connectivity index (χ1) is 8.41. The number of alkyl halides is 7. The minimum atomic E-state index is -6.54. The first-order valence-electron chi connectivity index (χ1n) is 4.64. The van der Waals surface area contributed by atoms with Crippen LogP contribution in [-0.2, 0) is 0 Å². The first-order valence-corrected chi connectivity index (χ1v) is 4.64. The third kappa shape index (κ3) is 2.49. The van der Waals surface area contributed by atoms with Gasteiger partial charge < -0.3 is 5.73 Å². The van der Waals surface area contributed by atoms with E-state index in [1.165, 1.54) is 0 Å². The van der Waals surface area contributed by atoms with E-state index < -0.39 is 29.4 Å². The molecular weight excluding hydrogens is 283 g/mol. The van der Waals surface area contributed by atoms with Gasteiger partial charge in [0, 0.05) is 11.3 Å². The summed E-state index contributed by atoms with van der Waals surface area (Å²) >= 11 is 0. The molecule has 0 amide bonds. The van der Waals surface area contributed by atoms with E-state index in [0.29, 0.717) is 12.1 Å². The molecule has 0 aliphatic carbocycles. The lowest BCUT2D eigenvalue weighted by molar-refractivity contribution is -0.339. The van der Waals surface area contributed by atoms with Crippen molar-refractivity contribution in [3.8, 4) is 0 Å². The van der Waals surface area contributed by atoms with Crippen molar-refractivity contribution in [2.75, 3.05) is 5.73 Å². The van der Waals surface area contributed by atoms with Crippen LogP contribution in [-0.4, -0.2) is 23.8 Å². The van der Waals surface area contributed by atoms with Gasteiger partial charge in [-0.05, 0) is 24.3 Å². The number of nitrogen functional groups attached to an aromatic ring is 1. The molecule has 0 fully saturated rings. The van der Waals surface area contributed by atoms with Gasteiger partial charge in [0.1, 0.15) is 0 Å². The molecule has 0 aliphatic rings. The second-order valence-electron chi connectivity index (χ2n) is 3.60. The molecule has 2 N–H and O–H groups in total. The van der Waals surface area contributed by atoms with Crippen molar-refractivity contribution in [1.82, 2.24) is 0 Å². The van der Waals surface area contributed by atoms with Crippen LogP contribution in [0.5, 0.6) is 0 Å². The molecule has 0 atom stereocenters. The average Bonchev–Trinajstić information content (AvgIpc) is 2.27. The van der Waals surface area contributed by atoms with Gasteiger partial charge in [0.2, 0.25) is 5.78 Å². The van der Waals surface area contributed by atoms with Crippen LogP contribution in [0.4, 0.5) is 36.4 Å². The number of nitrogens with two attached hydrogens (primary N) is 1. The highest BCUT2D eigenvalue weighted by atomic mass is 19.4. The topological polar surface area (TPSA) is 43.1 Å². The van der Waals surface area contributed by atoms with Crippen LogP contribution >= 0.6 is 0 Å². The zero-order chi connectivity index (χ0) is 15.1. The van der Waals surface area contributed by atoms with Crippen LogP contribution < -0.4 is 5.73 Å². The monoisotopic (exact) mass is 289 g/mol. The number of carbonyl (C=O) groups excluding carboxylic acids is 1. The molecule has 0 bridgehead atoms. The number of hydrogen-bond donors (Lipinski definition) is 1. The Morgan fingerprint density at radius 1 is 0.895 bits per heavy atom. The predicted octanol–water partition coefficient (Wildman–Crippen LogP) is 3.28. The normalized spacial score (nSPS) is 13.4. The number of carbonyl (C=O) groups is 1. The van der Waals surface area contributed by atoms with Gasteiger partial charge >= 0.3 is 18.0 Å². The van der Waals surface area contributed by atoms with Gasteiger partial charge in [-0.15, -0.1) is 0 Å². The third-order valence-corrected chi connectivity index (χ3v) is 2.21. The lowest BCUT2D eigenvalue weighted by atomic mass is 10.00. The molecule has 0 unspecified atom stereocenters. The molecule has 19 heavy (non-hydrogen) atoms. The van der Waals surface area contributed by atoms with Crippen LogP contribution in [0.15, 0.2) is 24.3 Å². The largest absolute Gasteiger partial charge is 0.460 e. The number of halogens is 7. The van der Waals surface area contributed by atoms with Crippen molar-refractivity contribution in [2.45, 2.75) is 18.0 Å². The average molecular weight is 289 g/mol. The van der Waals surface area contributed by atoms with Crippen molar-refractivity contribution >= 4 is 11.5 Å². The maximum absolute atomic E-state index is 13.0. The Balaban J connectivity index is 3.20. The molecule has 1 aromatic carbocycles. The standard InChI is InChI=1S/C10H6F7NO/c11-8(12,9(13,14)10(15,16)17)7(19)5-1-3-6(18)4-2-5/h1-4H,18H2. The van der Waals surface area contributed by atoms with E-state index in [-0.39, 0.29) is 5.69 Å². The number of hydrogen-bond acceptors (Lipinski definition) is 2. The van der Waals surface area contributed by atoms with Crippen molar-refractivity contribution in [3.63, 3.8) is 0 Å². The molecule has 9 heteroatoms. The van der Waals surface area contributed by atoms with E-state index in [2.05, 4.69) is 0 Å². The van der Waals surface area contributed by atoms with Crippen molar-refractivity contribution in [1.29, 1.82) is 0 Å². The molecule has 1 aromatic rings. The maximum atomic E-state index is 13.0. The Bertz CT molecular complexity index is 478. The highest BCUT2D eigenvalue weighted by Gasteiger charge is 2.76. The molecular formula is C10H6F7NO. The minimum absolute atomic E-state index is 0.0300. The smallest absolute Gasteiger partial charge is 0.399 e. The zero-order valence-corrected chi connectivity index (χ0v) is 8.94. The summed E-state index contributed by atoms with van der Waals surface area (Å²) in [7, 11) is 0. The molecule has 1 rings (SSSR count). The highest BCUT2D eigenvalue weighted by molar-refractivity contribution is 6.02. The predicted molar refractivity (Wildman–Crippen MR) is 51.1 cm³/mol. The van der Waals surface area contributed by atoms with Gasteiger partial charge in [0.25, 0.3) is 0 Å². The Morgan fingerprint density at radius 2 is 1.32 bits per heavy atom. The third-order valence-electron chi connectivity index (χ3n) is 2.21. The van der Waals surface area contributed by atoms with Crippen molar-refractivity contribution in [3.05, 3.63) is 29.8 Å². The van der Waals surface area contributed by atoms with Gasteiger partial charge in [0.05, 0.1) is 0 Å². The van der Waals surface area contributed by atoms with Crippen LogP contribution in [0.1, 0.15) is 10.4 Å². The molecule has 2 nitrogen and oxygen atoms in total. The summed E-state index contributed by atoms with van der Waals surface area (Å²) in [6, 6.07) is 3.13. The molecule has 0 heterocycles. The van der Waals surface area contributed by atoms with Crippen LogP contribution in [0, 0.1) is 0 Å². The second-order valence-corrected chi connectivity index (χ2v) is 3.60. The fourth-order valence-corrected chi connectivity index (χ4v) is 1.14. The van der Waals surface area contributed by atoms with E-state index in [1.54, 1.807) is 0 Å². The molecule has 0 saturated carbocycles. The number of benzene rings is 1. The highest BCUT2D eigenvalue weighted by Crippen LogP contribution is 2.47. The Hall–Kier alpha value is -1.80. The lowest BCUT2D eigenvalue weighted by Crippen LogP contribution is -2.56. The number of Topliss-reactive ketones (excluding diaryl/α,β-unsaturated/α-hetero) is 1. The molecule has 0 spiro atoms. The van der Waals surface area contributed by atoms with E-state index in [9.17, 15) is 35.5 Å². The van der Waals surface area contributed by atoms with E-state index >= 15 is 0 Å². The van der Waals surface area contributed by atoms with Crippen molar-refractivity contribution in [2.24, 2.45) is 0 Å². The Labute approximate surface area is 102 Å². The fourth-order valence-electron chi connectivity index (χ4n) is 1.14. The summed E-state index contributed by atoms with van der Waals surface area (Å²) in [4.78, 5) is 11.1. The quantitative estimate of drug-likeness (QED) is 0.527. The van der Waals surface area contributed by atoms with Gasteiger partial charge in [-0.25, -0.2) is 0 Å². The Kier molecular flexibility index (Phi) is 3.53. The summed E-state index contributed by atoms with van der Waals surface area (Å²) in [5, 5.41) is 0. The molecule has 106 valence electrons. The summed E-state index contributed by atoms with van der Waals surface area (Å²) in [5.41, 5.74) is 4.20. The molecule has 0 aliphatic heterocycles. The minimum Gasteiger partial charge on any atom is -0.399 e. The second kappa shape index (κ2) is 4.39. The Morgan fingerprint density at radius 3 is 1.68 bits per heavy atom. The van der Waals surface area contributed by atoms with Crippen molar-refractivity contribution < 1.29 is 35.5 Å². The van der Waals surface area contributed by atoms with Gasteiger partial charge in [-0.2, -0.15) is 30.7 Å². The van der Waals surface area contributed by atoms with Gasteiger partial charge in [-0.3, -0.25) is 4.79 Å². The van der Waals surface area contributed by atoms with E-state index in [4.69, 9.17) is 5.73 Å². The fraction of sp³-hybridized carbons (Fsp3) is 0.300. The SMILES string of the molecule is Nc1ccc(C(=O)C(F)(F)C(F)(F)C(F)(F)F)cc1. The van der Waals surface area contributed by atoms with E-state index in [1.807, 2.05) is 0 Å². The molecule has 0 aromatic heterocycles. The van der Waals surface area contributed by atoms with E-state index in [0.717, 1.165) is 12.1 Å². The summed E-state index contributed by atoms with van der Waals surface area (Å²) in [6.45, 7) is 0. The molecule has 0 saturated heterocycles. The van der Waals surface area contributed by atoms with Crippen LogP contribution in [0.2, 0.25) is 0 Å². The summed E-state index contributed by atoms with van der Waals surface area (Å²) < 4.78 is 86.9. The maximum Gasteiger partial charge on any atom is 0.460 e. The summed E-state index contributed by atoms with van der Waals surface area (Å²) in [6.07, 6.45) is -6.54. The van der Waals surface area contributed by atoms with Crippen LogP contribution in [0.25, 0.3) is 0 Å². The number of ketones is 1. The first kappa shape index (κ1) is 15.3. The van der Waals surface area contributed by atoms with Crippen LogP contribution in [0.3, 0.4) is 0 Å². The number of rotatable bonds is 3. The number of anilines is 1. The molecule has 0 radical (unpaired) electrons. The zero-order valence-electron chi connectivity index (χ0n) is 8.94. The van der Waals surface area contributed by atoms with Gasteiger partial charge in [-0.1, -0.05) is 0 Å². The summed E-state index contributed by atoms with van der Waals surface area (Å²) in [5.74, 6) is -15.0. The van der Waals surface area contributed by atoms with Gasteiger partial charge in [0.15, 0.2) is 0 Å².